The molecule has 0 bridgehead atoms. The summed E-state index contributed by atoms with van der Waals surface area (Å²) in [6.07, 6.45) is 0.964. The van der Waals surface area contributed by atoms with Crippen LogP contribution in [0.25, 0.3) is 0 Å². The molecule has 0 aliphatic heterocycles. The molecule has 0 aromatic heterocycles. The van der Waals surface area contributed by atoms with E-state index < -0.39 is 44.2 Å². The van der Waals surface area contributed by atoms with Gasteiger partial charge in [0.2, 0.25) is 0 Å². The zero-order valence-corrected chi connectivity index (χ0v) is 20.0. The van der Waals surface area contributed by atoms with Gasteiger partial charge in [-0.2, -0.15) is 0 Å². The van der Waals surface area contributed by atoms with E-state index in [1.54, 1.807) is 0 Å². The third-order valence-electron chi connectivity index (χ3n) is 2.52. The van der Waals surface area contributed by atoms with Gasteiger partial charge in [-0.05, 0) is 64.8 Å². The van der Waals surface area contributed by atoms with Crippen LogP contribution in [0.5, 0.6) is 0 Å². The van der Waals surface area contributed by atoms with Gasteiger partial charge in [0, 0.05) is 6.04 Å². The highest BCUT2D eigenvalue weighted by molar-refractivity contribution is 6.80. The van der Waals surface area contributed by atoms with E-state index in [9.17, 15) is 4.80 Å². The number of hydrogen-bond donors (Lipinski definition) is 1. The second-order valence-electron chi connectivity index (χ2n) is 6.85. The van der Waals surface area contributed by atoms with Crippen LogP contribution in [0.3, 0.4) is 0 Å². The van der Waals surface area contributed by atoms with Crippen molar-refractivity contribution in [1.82, 2.24) is 0 Å². The maximum Gasteiger partial charge on any atom is 0.468 e. The van der Waals surface area contributed by atoms with Gasteiger partial charge in [0.05, 0.1) is 0 Å². The van der Waals surface area contributed by atoms with Gasteiger partial charge < -0.3 is 17.1 Å². The molecule has 0 amide bonds. The largest absolute Gasteiger partial charge is 0.468 e. The summed E-state index contributed by atoms with van der Waals surface area (Å²) >= 11 is 0. The van der Waals surface area contributed by atoms with Gasteiger partial charge >= 0.3 is 8.80 Å². The second kappa shape index (κ2) is 9.15. The first-order chi connectivity index (χ1) is 8.96. The smallest absolute Gasteiger partial charge is 0.432 e. The highest BCUT2D eigenvalue weighted by Crippen LogP contribution is 2.24. The van der Waals surface area contributed by atoms with Crippen molar-refractivity contribution < 1.29 is 17.1 Å². The first-order valence-electron chi connectivity index (χ1n) is 7.71. The topological polar surface area (TPSA) is 47.9 Å². The maximum absolute atomic E-state index is 10.0. The van der Waals surface area contributed by atoms with Crippen LogP contribution in [0.1, 0.15) is 6.42 Å². The molecule has 0 fully saturated rings. The van der Waals surface area contributed by atoms with Gasteiger partial charge in [0.25, 0.3) is 0 Å². The molecule has 0 aromatic carbocycles. The van der Waals surface area contributed by atoms with Gasteiger partial charge in [-0.3, -0.25) is 0 Å². The molecule has 0 unspecified atom stereocenters. The molecule has 0 spiro atoms. The zero-order chi connectivity index (χ0) is 16.0. The van der Waals surface area contributed by atoms with Crippen molar-refractivity contribution in [2.75, 3.05) is 0 Å². The molecule has 0 radical (unpaired) electrons. The lowest BCUT2D eigenvalue weighted by atomic mass is 10.6. The van der Waals surface area contributed by atoms with Gasteiger partial charge in [-0.25, -0.2) is 0 Å². The Morgan fingerprint density at radius 1 is 0.750 bits per heavy atom. The summed E-state index contributed by atoms with van der Waals surface area (Å²) in [5.74, 6) is 0. The van der Waals surface area contributed by atoms with Crippen LogP contribution in [-0.2, 0) is 12.3 Å². The molecule has 0 aromatic rings. The van der Waals surface area contributed by atoms with Gasteiger partial charge in [-0.15, -0.1) is 0 Å². The molecule has 0 rings (SSSR count). The Bertz CT molecular complexity index is 241. The van der Waals surface area contributed by atoms with Crippen molar-refractivity contribution in [2.24, 2.45) is 0 Å². The fourth-order valence-corrected chi connectivity index (χ4v) is 16.3. The average Bonchev–Trinajstić information content (AvgIpc) is 2.10. The molecule has 4 nitrogen and oxygen atoms in total. The van der Waals surface area contributed by atoms with Crippen molar-refractivity contribution in [2.45, 2.75) is 70.9 Å². The minimum atomic E-state index is -2.49. The molecule has 122 valence electrons. The fourth-order valence-electron chi connectivity index (χ4n) is 2.07. The fraction of sp³-hybridized carbons (Fsp3) is 1.00. The molecule has 0 saturated heterocycles. The van der Waals surface area contributed by atoms with E-state index in [1.807, 2.05) is 13.1 Å². The van der Waals surface area contributed by atoms with Crippen molar-refractivity contribution in [1.29, 1.82) is 0 Å². The summed E-state index contributed by atoms with van der Waals surface area (Å²) in [4.78, 5) is 10.0. The maximum atomic E-state index is 10.0. The van der Waals surface area contributed by atoms with Crippen molar-refractivity contribution >= 4 is 44.2 Å². The molecule has 0 saturated carbocycles. The lowest BCUT2D eigenvalue weighted by Crippen LogP contribution is -2.53. The molecule has 0 aliphatic carbocycles. The van der Waals surface area contributed by atoms with E-state index in [0.29, 0.717) is 0 Å². The van der Waals surface area contributed by atoms with Gasteiger partial charge in [-0.1, -0.05) is 0 Å². The SMILES string of the molecule is C[SiH](C)O[Si](CCC[Si](C)(C)O)(O[SiH](C)C)O[SiH](C)C. The predicted octanol–water partition coefficient (Wildman–Crippen LogP) is 2.51. The van der Waals surface area contributed by atoms with Crippen molar-refractivity contribution in [3.05, 3.63) is 0 Å². The van der Waals surface area contributed by atoms with Crippen LogP contribution in [0.2, 0.25) is 64.5 Å². The van der Waals surface area contributed by atoms with Gasteiger partial charge in [0.15, 0.2) is 35.4 Å². The summed E-state index contributed by atoms with van der Waals surface area (Å²) in [5.41, 5.74) is 0. The molecule has 20 heavy (non-hydrogen) atoms. The minimum absolute atomic E-state index is 0.880. The molecule has 9 heteroatoms. The first kappa shape index (κ1) is 20.9. The summed E-state index contributed by atoms with van der Waals surface area (Å²) in [6, 6.07) is 1.78. The Morgan fingerprint density at radius 3 is 1.35 bits per heavy atom. The average molecular weight is 371 g/mol. The highest BCUT2D eigenvalue weighted by Gasteiger charge is 2.42. The van der Waals surface area contributed by atoms with Crippen LogP contribution in [0.15, 0.2) is 0 Å². The molecular weight excluding hydrogens is 337 g/mol. The van der Waals surface area contributed by atoms with E-state index in [2.05, 4.69) is 39.3 Å². The van der Waals surface area contributed by atoms with Crippen molar-refractivity contribution in [3.63, 3.8) is 0 Å². The summed E-state index contributed by atoms with van der Waals surface area (Å²) < 4.78 is 18.9. The predicted molar refractivity (Wildman–Crippen MR) is 99.6 cm³/mol. The Labute approximate surface area is 132 Å². The Hall–Kier alpha value is 0.924. The number of hydrogen-bond acceptors (Lipinski definition) is 4. The van der Waals surface area contributed by atoms with E-state index in [4.69, 9.17) is 12.3 Å². The van der Waals surface area contributed by atoms with Crippen LogP contribution < -0.4 is 0 Å². The first-order valence-corrected chi connectivity index (χ1v) is 21.1. The van der Waals surface area contributed by atoms with Crippen LogP contribution in [0.4, 0.5) is 0 Å². The monoisotopic (exact) mass is 370 g/mol. The van der Waals surface area contributed by atoms with Crippen molar-refractivity contribution in [3.8, 4) is 0 Å². The Morgan fingerprint density at radius 2 is 1.10 bits per heavy atom. The highest BCUT2D eigenvalue weighted by atomic mass is 28.5. The summed E-state index contributed by atoms with van der Waals surface area (Å²) in [7, 11) is -8.05. The molecule has 0 heterocycles. The second-order valence-corrected chi connectivity index (χ2v) is 22.0. The normalized spacial score (nSPS) is 13.8. The lowest BCUT2D eigenvalue weighted by molar-refractivity contribution is 0.267. The van der Waals surface area contributed by atoms with Gasteiger partial charge in [0.1, 0.15) is 0 Å². The van der Waals surface area contributed by atoms with Crippen LogP contribution in [-0.4, -0.2) is 49.0 Å². The minimum Gasteiger partial charge on any atom is -0.432 e. The third-order valence-corrected chi connectivity index (χ3v) is 15.0. The van der Waals surface area contributed by atoms with E-state index in [0.717, 1.165) is 18.5 Å². The Balaban J connectivity index is 4.86. The number of rotatable bonds is 10. The van der Waals surface area contributed by atoms with E-state index in [-0.39, 0.29) is 0 Å². The molecule has 0 atom stereocenters. The Kier molecular flexibility index (Phi) is 9.57. The third kappa shape index (κ3) is 10.6. The lowest BCUT2D eigenvalue weighted by Gasteiger charge is -2.35. The van der Waals surface area contributed by atoms with Crippen LogP contribution in [0, 0.1) is 0 Å². The van der Waals surface area contributed by atoms with E-state index >= 15 is 0 Å². The van der Waals surface area contributed by atoms with E-state index in [1.165, 1.54) is 0 Å². The molecule has 1 N–H and O–H groups in total. The molecule has 0 aliphatic rings. The summed E-state index contributed by atoms with van der Waals surface area (Å²) in [5, 5.41) is 0. The molecular formula is C11H34O4Si5. The standard InChI is InChI=1S/C11H34O4Si5/c1-16(2)13-20(14-17(3)4,15-18(5)6)11-9-10-19(7,8)12/h12,16-18H,9-11H2,1-8H3. The summed E-state index contributed by atoms with van der Waals surface area (Å²) in [6.45, 7) is 17.1. The van der Waals surface area contributed by atoms with Crippen LogP contribution >= 0.6 is 0 Å². The zero-order valence-electron chi connectivity index (χ0n) is 14.5. The quantitative estimate of drug-likeness (QED) is 0.600.